The minimum absolute atomic E-state index is 0. The number of aliphatic hydroxyl groups excluding tert-OH is 1. The summed E-state index contributed by atoms with van der Waals surface area (Å²) in [4.78, 5) is 116. The molecule has 0 bridgehead atoms. The molecule has 8 heterocycles. The van der Waals surface area contributed by atoms with Gasteiger partial charge in [0.05, 0.1) is 59.0 Å². The van der Waals surface area contributed by atoms with Crippen molar-refractivity contribution in [1.29, 1.82) is 0 Å². The number of aliphatic hydroxyl groups is 1. The number of thiophene rings is 2. The van der Waals surface area contributed by atoms with Crippen molar-refractivity contribution in [3.05, 3.63) is 164 Å². The summed E-state index contributed by atoms with van der Waals surface area (Å²) >= 11 is 7.26. The summed E-state index contributed by atoms with van der Waals surface area (Å²) < 4.78 is 4.03. The van der Waals surface area contributed by atoms with Gasteiger partial charge in [0.25, 0.3) is 0 Å². The molecule has 2 saturated heterocycles. The topological polar surface area (TPSA) is 282 Å². The number of rotatable bonds is 22. The van der Waals surface area contributed by atoms with E-state index in [4.69, 9.17) is 16.6 Å². The van der Waals surface area contributed by atoms with Gasteiger partial charge < -0.3 is 55.9 Å². The molecule has 0 radical (unpaired) electrons. The third kappa shape index (κ3) is 17.0. The van der Waals surface area contributed by atoms with E-state index in [0.717, 1.165) is 90.8 Å². The van der Waals surface area contributed by atoms with Crippen LogP contribution in [0.2, 0.25) is 0 Å². The van der Waals surface area contributed by atoms with E-state index >= 15 is 0 Å². The molecule has 0 aliphatic carbocycles. The smallest absolute Gasteiger partial charge is 0.240 e. The first-order valence-electron chi connectivity index (χ1n) is 33.2. The van der Waals surface area contributed by atoms with Crippen LogP contribution in [0.3, 0.4) is 0 Å². The Morgan fingerprint density at radius 1 is 0.592 bits per heavy atom. The van der Waals surface area contributed by atoms with Gasteiger partial charge in [-0.15, -0.1) is 12.4 Å². The lowest BCUT2D eigenvalue weighted by atomic mass is 9.85. The lowest BCUT2D eigenvalue weighted by Crippen LogP contribution is -2.56. The van der Waals surface area contributed by atoms with Crippen molar-refractivity contribution in [1.82, 2.24) is 19.8 Å². The molecule has 4 aromatic heterocycles. The number of anilines is 4. The van der Waals surface area contributed by atoms with E-state index in [0.29, 0.717) is 64.7 Å². The van der Waals surface area contributed by atoms with Crippen molar-refractivity contribution in [2.24, 2.45) is 42.7 Å². The van der Waals surface area contributed by atoms with Crippen molar-refractivity contribution in [3.8, 4) is 0 Å². The van der Waals surface area contributed by atoms with Crippen LogP contribution in [-0.4, -0.2) is 104 Å². The second-order valence-corrected chi connectivity index (χ2v) is 27.6. The van der Waals surface area contributed by atoms with Crippen LogP contribution in [0.25, 0.3) is 21.8 Å². The number of nitrogens with one attached hydrogen (secondary N) is 2. The van der Waals surface area contributed by atoms with E-state index in [1.54, 1.807) is 63.0 Å². The molecule has 6 amide bonds. The zero-order valence-corrected chi connectivity index (χ0v) is 60.0. The maximum atomic E-state index is 14.3. The summed E-state index contributed by atoms with van der Waals surface area (Å²) in [5.41, 5.74) is 21.1. The van der Waals surface area contributed by atoms with Gasteiger partial charge >= 0.3 is 0 Å². The van der Waals surface area contributed by atoms with Crippen LogP contribution in [0, 0.1) is 11.8 Å². The summed E-state index contributed by atoms with van der Waals surface area (Å²) in [6.45, 7) is 10.9. The minimum Gasteiger partial charge on any atom is -0.397 e. The highest BCUT2D eigenvalue weighted by Crippen LogP contribution is 2.44. The average Bonchev–Trinajstić information content (AvgIpc) is 1.01. The lowest BCUT2D eigenvalue weighted by molar-refractivity contribution is -0.132. The number of amides is 6. The highest BCUT2D eigenvalue weighted by atomic mass is 35.5. The number of carbonyl (C=O) groups excluding carboxylic acids is 8. The molecule has 0 spiro atoms. The van der Waals surface area contributed by atoms with Gasteiger partial charge in [-0.3, -0.25) is 38.4 Å². The predicted octanol–water partition coefficient (Wildman–Crippen LogP) is 10.3. The molecule has 9 N–H and O–H groups in total. The van der Waals surface area contributed by atoms with Crippen LogP contribution in [-0.2, 0) is 91.2 Å². The Balaban J connectivity index is 0.000000233. The summed E-state index contributed by atoms with van der Waals surface area (Å²) in [7, 11) is 3.92. The number of hydrogen-bond acceptors (Lipinski definition) is 14. The second kappa shape index (κ2) is 33.7. The van der Waals surface area contributed by atoms with Gasteiger partial charge in [0.15, 0.2) is 11.6 Å². The van der Waals surface area contributed by atoms with Crippen LogP contribution in [0.4, 0.5) is 22.7 Å². The number of ketones is 2. The van der Waals surface area contributed by atoms with Gasteiger partial charge in [0, 0.05) is 118 Å². The first-order chi connectivity index (χ1) is 46.5. The third-order valence-corrected chi connectivity index (χ3v) is 20.5. The number of benzene rings is 4. The van der Waals surface area contributed by atoms with E-state index in [-0.39, 0.29) is 79.9 Å². The van der Waals surface area contributed by atoms with E-state index < -0.39 is 46.8 Å². The van der Waals surface area contributed by atoms with Crippen LogP contribution in [0.1, 0.15) is 119 Å². The Labute approximate surface area is 592 Å². The zero-order valence-electron chi connectivity index (χ0n) is 56.8. The van der Waals surface area contributed by atoms with Crippen molar-refractivity contribution >= 4 is 138 Å². The van der Waals surface area contributed by atoms with Gasteiger partial charge in [0.2, 0.25) is 35.4 Å². The first-order valence-corrected chi connectivity index (χ1v) is 35.5. The van der Waals surface area contributed by atoms with Gasteiger partial charge in [-0.05, 0) is 162 Å². The fraction of sp³-hybridized carbons (Fsp3) is 0.405. The van der Waals surface area contributed by atoms with Gasteiger partial charge in [0.1, 0.15) is 0 Å². The van der Waals surface area contributed by atoms with E-state index in [1.165, 1.54) is 0 Å². The van der Waals surface area contributed by atoms with Crippen molar-refractivity contribution in [3.63, 3.8) is 0 Å². The normalized spacial score (nSPS) is 17.6. The number of aryl methyl sites for hydroxylation is 2. The van der Waals surface area contributed by atoms with Gasteiger partial charge in [-0.2, -0.15) is 22.7 Å². The molecular formula is C74H91Cl2N11O9S2. The molecule has 98 heavy (non-hydrogen) atoms. The molecule has 4 aliphatic heterocycles. The molecule has 6 atom stereocenters. The quantitative estimate of drug-likeness (QED) is 0.0346. The number of fused-ring (bicyclic) bond motifs is 4. The molecule has 0 saturated carbocycles. The Morgan fingerprint density at radius 2 is 0.969 bits per heavy atom. The average molecular weight is 1410 g/mol. The Hall–Kier alpha value is -8.06. The fourth-order valence-corrected chi connectivity index (χ4v) is 14.6. The number of Topliss-reactive ketones (excluding diaryl/α,β-unsaturated/α-hetero) is 2. The monoisotopic (exact) mass is 1410 g/mol. The Morgan fingerprint density at radius 3 is 1.31 bits per heavy atom. The number of halogens is 2. The summed E-state index contributed by atoms with van der Waals surface area (Å²) in [6, 6.07) is 29.8. The maximum Gasteiger partial charge on any atom is 0.240 e. The van der Waals surface area contributed by atoms with Crippen molar-refractivity contribution in [2.45, 2.75) is 148 Å². The summed E-state index contributed by atoms with van der Waals surface area (Å²) in [5, 5.41) is 27.5. The van der Waals surface area contributed by atoms with Crippen LogP contribution in [0.5, 0.6) is 0 Å². The number of hydrogen-bond donors (Lipinski definition) is 6. The summed E-state index contributed by atoms with van der Waals surface area (Å²) in [5.74, 6) is -2.65. The van der Waals surface area contributed by atoms with Crippen molar-refractivity contribution < 1.29 is 43.5 Å². The zero-order chi connectivity index (χ0) is 69.9. The van der Waals surface area contributed by atoms with Crippen LogP contribution in [0.15, 0.2) is 131 Å². The molecular weight excluding hydrogens is 1320 g/mol. The molecule has 12 rings (SSSR count). The number of aromatic nitrogens is 2. The largest absolute Gasteiger partial charge is 0.397 e. The maximum absolute atomic E-state index is 14.3. The van der Waals surface area contributed by atoms with E-state index in [9.17, 15) is 38.4 Å². The van der Waals surface area contributed by atoms with Gasteiger partial charge in [-0.1, -0.05) is 74.5 Å². The Bertz CT molecular complexity index is 3890. The summed E-state index contributed by atoms with van der Waals surface area (Å²) in [6.07, 6.45) is 8.57. The van der Waals surface area contributed by atoms with Gasteiger partial charge in [-0.25, -0.2) is 5.25 Å². The molecule has 4 aliphatic rings. The highest BCUT2D eigenvalue weighted by molar-refractivity contribution is 7.08. The molecule has 24 heteroatoms. The van der Waals surface area contributed by atoms with Crippen LogP contribution < -0.4 is 47.0 Å². The molecule has 8 aromatic rings. The number of nitrogens with zero attached hydrogens (tertiary/aromatic N) is 6. The van der Waals surface area contributed by atoms with E-state index in [2.05, 4.69) is 27.7 Å². The molecule has 20 nitrogen and oxygen atoms in total. The SMILES string of the molecule is CCO.CC[C@@](C)(N)C(=O)N[C@H](Cc1cn(C)c2ccccc12)C(=O)CC1Cc2cccc(N3CCCC3=O)c2N(Cc2ccsc2)C1=O.CC[C@@](C)(N)C(=O)N[C@H](Cc1cn(C)c2ccccc12)C(=O)CC1Cc2cccc(N3CCCC3=O)c2N(Cc2ccsc2)C1=O.Cl.NCl. The number of carbonyl (C=O) groups is 8. The number of nitrogens with two attached hydrogens (primary N) is 3. The van der Waals surface area contributed by atoms with Crippen molar-refractivity contribution in [2.75, 3.05) is 39.3 Å². The van der Waals surface area contributed by atoms with Crippen LogP contribution >= 0.6 is 46.9 Å². The third-order valence-electron chi connectivity index (χ3n) is 19.1. The Kier molecular flexibility index (Phi) is 26.0. The number of para-hydroxylation sites is 4. The molecule has 2 unspecified atom stereocenters. The van der Waals surface area contributed by atoms with E-state index in [1.807, 2.05) is 168 Å². The molecule has 522 valence electrons. The predicted molar refractivity (Wildman–Crippen MR) is 394 cm³/mol. The highest BCUT2D eigenvalue weighted by Gasteiger charge is 2.42. The second-order valence-electron chi connectivity index (χ2n) is 26.0. The molecule has 4 aromatic carbocycles. The first kappa shape index (κ1) is 75.7. The lowest BCUT2D eigenvalue weighted by Gasteiger charge is -2.37. The minimum atomic E-state index is -1.14. The fourth-order valence-electron chi connectivity index (χ4n) is 13.3. The molecule has 2 fully saturated rings. The standard InChI is InChI=1S/2C36H41N5O4S.C2H6O.ClH2N.ClH/c2*1-4-36(2,37)35(45)38-28(18-26-21-39(3)29-11-6-5-10-27(26)29)31(42)19-25-17-24-9-7-12-30(40-15-8-13-32(40)43)33(24)41(34(25)44)20-23-14-16-46-22-23;1-2-3;1-2;/h2*5-7,9-12,14,16,21-22,25,28H,4,8,13,15,17-20,37H2,1-3H3,(H,38,45);3H,2H2,1H3;2H2;1H/t2*25?,28-,36-;;;/m11.../s1.